The molecule has 0 unspecified atom stereocenters. The van der Waals surface area contributed by atoms with E-state index in [2.05, 4.69) is 10.6 Å². The van der Waals surface area contributed by atoms with E-state index in [1.165, 1.54) is 0 Å². The van der Waals surface area contributed by atoms with Crippen LogP contribution in [0.1, 0.15) is 27.2 Å². The third-order valence-corrected chi connectivity index (χ3v) is 2.84. The number of rotatable bonds is 6. The summed E-state index contributed by atoms with van der Waals surface area (Å²) in [6.07, 6.45) is -0.347. The molecule has 0 aromatic heterocycles. The van der Waals surface area contributed by atoms with Crippen molar-refractivity contribution in [2.24, 2.45) is 0 Å². The Morgan fingerprint density at radius 1 is 1.27 bits per heavy atom. The number of carbonyl (C=O) groups excluding carboxylic acids is 1. The zero-order chi connectivity index (χ0) is 16.8. The average molecular weight is 329 g/mol. The first-order valence-electron chi connectivity index (χ1n) is 6.89. The molecule has 1 atom stereocenters. The van der Waals surface area contributed by atoms with Crippen LogP contribution >= 0.6 is 11.6 Å². The third-order valence-electron chi connectivity index (χ3n) is 2.58. The molecule has 1 rings (SSSR count). The predicted molar refractivity (Wildman–Crippen MR) is 85.4 cm³/mol. The minimum absolute atomic E-state index is 0.187. The van der Waals surface area contributed by atoms with Crippen LogP contribution in [0.15, 0.2) is 24.3 Å². The summed E-state index contributed by atoms with van der Waals surface area (Å²) in [6, 6.07) is 5.90. The fraction of sp³-hybridized carbons (Fsp3) is 0.467. The van der Waals surface area contributed by atoms with Crippen molar-refractivity contribution in [2.45, 2.75) is 38.8 Å². The van der Waals surface area contributed by atoms with Gasteiger partial charge in [-0.05, 0) is 51.5 Å². The number of carbonyl (C=O) groups is 2. The molecule has 0 saturated carbocycles. The second kappa shape index (κ2) is 7.89. The Morgan fingerprint density at radius 3 is 2.36 bits per heavy atom. The van der Waals surface area contributed by atoms with Gasteiger partial charge in [0.2, 0.25) is 0 Å². The average Bonchev–Trinajstić information content (AvgIpc) is 2.37. The lowest BCUT2D eigenvalue weighted by atomic mass is 10.2. The maximum atomic E-state index is 11.5. The van der Waals surface area contributed by atoms with Crippen molar-refractivity contribution in [1.29, 1.82) is 0 Å². The molecule has 0 spiro atoms. The second-order valence-electron chi connectivity index (χ2n) is 5.76. The highest BCUT2D eigenvalue weighted by Crippen LogP contribution is 2.15. The zero-order valence-corrected chi connectivity index (χ0v) is 13.6. The molecule has 3 N–H and O–H groups in total. The Hall–Kier alpha value is -1.95. The fourth-order valence-electron chi connectivity index (χ4n) is 1.64. The molecule has 1 aromatic rings. The van der Waals surface area contributed by atoms with E-state index in [0.717, 1.165) is 0 Å². The van der Waals surface area contributed by atoms with Gasteiger partial charge >= 0.3 is 12.1 Å². The van der Waals surface area contributed by atoms with Crippen molar-refractivity contribution < 1.29 is 19.4 Å². The molecule has 0 heterocycles. The number of nitrogens with one attached hydrogen (secondary N) is 2. The molecule has 22 heavy (non-hydrogen) atoms. The molecule has 0 aliphatic heterocycles. The summed E-state index contributed by atoms with van der Waals surface area (Å²) in [5.74, 6) is -0.999. The number of carboxylic acid groups (broad SMARTS) is 1. The molecule has 1 aromatic carbocycles. The Kier molecular flexibility index (Phi) is 6.49. The molecule has 6 nitrogen and oxygen atoms in total. The Bertz CT molecular complexity index is 511. The molecule has 1 amide bonds. The van der Waals surface area contributed by atoms with Gasteiger partial charge < -0.3 is 20.5 Å². The largest absolute Gasteiger partial charge is 0.480 e. The number of anilines is 1. The van der Waals surface area contributed by atoms with Gasteiger partial charge in [-0.2, -0.15) is 0 Å². The second-order valence-corrected chi connectivity index (χ2v) is 6.20. The number of aliphatic carboxylic acids is 1. The van der Waals surface area contributed by atoms with Crippen molar-refractivity contribution >= 4 is 29.4 Å². The van der Waals surface area contributed by atoms with Gasteiger partial charge in [0.15, 0.2) is 0 Å². The number of amides is 1. The van der Waals surface area contributed by atoms with E-state index in [0.29, 0.717) is 10.7 Å². The molecule has 0 saturated heterocycles. The molecule has 0 aliphatic carbocycles. The lowest BCUT2D eigenvalue weighted by Gasteiger charge is -2.20. The Labute approximate surface area is 134 Å². The maximum Gasteiger partial charge on any atom is 0.407 e. The summed E-state index contributed by atoms with van der Waals surface area (Å²) in [7, 11) is 0. The minimum atomic E-state index is -0.999. The standard InChI is InChI=1S/C15H21ClN2O4/c1-15(2,3)22-14(21)17-9-8-12(13(19)20)18-11-6-4-10(16)5-7-11/h4-7,12,18H,8-9H2,1-3H3,(H,17,21)(H,19,20)/t12-/m0/s1. The van der Waals surface area contributed by atoms with Crippen LogP contribution in [0, 0.1) is 0 Å². The lowest BCUT2D eigenvalue weighted by molar-refractivity contribution is -0.138. The number of hydrogen-bond acceptors (Lipinski definition) is 4. The van der Waals surface area contributed by atoms with Crippen LogP contribution in [0.4, 0.5) is 10.5 Å². The predicted octanol–water partition coefficient (Wildman–Crippen LogP) is 3.12. The van der Waals surface area contributed by atoms with Gasteiger partial charge in [-0.15, -0.1) is 0 Å². The van der Waals surface area contributed by atoms with Crippen LogP contribution in [0.5, 0.6) is 0 Å². The zero-order valence-electron chi connectivity index (χ0n) is 12.9. The van der Waals surface area contributed by atoms with E-state index < -0.39 is 23.7 Å². The van der Waals surface area contributed by atoms with Gasteiger partial charge in [-0.3, -0.25) is 0 Å². The van der Waals surface area contributed by atoms with Gasteiger partial charge in [-0.25, -0.2) is 9.59 Å². The van der Waals surface area contributed by atoms with Crippen molar-refractivity contribution in [2.75, 3.05) is 11.9 Å². The van der Waals surface area contributed by atoms with Crippen molar-refractivity contribution in [3.05, 3.63) is 29.3 Å². The number of benzene rings is 1. The minimum Gasteiger partial charge on any atom is -0.480 e. The summed E-state index contributed by atoms with van der Waals surface area (Å²) in [4.78, 5) is 22.7. The summed E-state index contributed by atoms with van der Waals surface area (Å²) < 4.78 is 5.08. The van der Waals surface area contributed by atoms with E-state index in [-0.39, 0.29) is 13.0 Å². The summed E-state index contributed by atoms with van der Waals surface area (Å²) in [5.41, 5.74) is 0.0618. The van der Waals surface area contributed by atoms with Crippen molar-refractivity contribution in [1.82, 2.24) is 5.32 Å². The monoisotopic (exact) mass is 328 g/mol. The smallest absolute Gasteiger partial charge is 0.407 e. The molecular weight excluding hydrogens is 308 g/mol. The molecule has 0 bridgehead atoms. The van der Waals surface area contributed by atoms with E-state index in [9.17, 15) is 14.7 Å². The van der Waals surface area contributed by atoms with Crippen molar-refractivity contribution in [3.63, 3.8) is 0 Å². The lowest BCUT2D eigenvalue weighted by Crippen LogP contribution is -2.37. The SMILES string of the molecule is CC(C)(C)OC(=O)NCC[C@H](Nc1ccc(Cl)cc1)C(=O)O. The normalized spacial score (nSPS) is 12.4. The molecule has 122 valence electrons. The number of alkyl carbamates (subject to hydrolysis) is 1. The van der Waals surface area contributed by atoms with Crippen LogP contribution in [-0.4, -0.2) is 35.4 Å². The number of halogens is 1. The summed E-state index contributed by atoms with van der Waals surface area (Å²) >= 11 is 5.78. The molecule has 0 radical (unpaired) electrons. The number of carboxylic acids is 1. The molecular formula is C15H21ClN2O4. The van der Waals surface area contributed by atoms with Gasteiger partial charge in [0.1, 0.15) is 11.6 Å². The first kappa shape index (κ1) is 18.1. The number of ether oxygens (including phenoxy) is 1. The third kappa shape index (κ3) is 7.17. The van der Waals surface area contributed by atoms with Crippen LogP contribution in [0.2, 0.25) is 5.02 Å². The van der Waals surface area contributed by atoms with Gasteiger partial charge in [-0.1, -0.05) is 11.6 Å². The maximum absolute atomic E-state index is 11.5. The molecule has 7 heteroatoms. The fourth-order valence-corrected chi connectivity index (χ4v) is 1.76. The molecule has 0 aliphatic rings. The quantitative estimate of drug-likeness (QED) is 0.746. The van der Waals surface area contributed by atoms with E-state index in [4.69, 9.17) is 16.3 Å². The van der Waals surface area contributed by atoms with Gasteiger partial charge in [0.25, 0.3) is 0 Å². The highest BCUT2D eigenvalue weighted by molar-refractivity contribution is 6.30. The van der Waals surface area contributed by atoms with Crippen LogP contribution in [-0.2, 0) is 9.53 Å². The summed E-state index contributed by atoms with van der Waals surface area (Å²) in [5, 5.41) is 15.2. The highest BCUT2D eigenvalue weighted by Gasteiger charge is 2.19. The molecule has 0 fully saturated rings. The van der Waals surface area contributed by atoms with Crippen LogP contribution in [0.3, 0.4) is 0 Å². The van der Waals surface area contributed by atoms with Gasteiger partial charge in [0.05, 0.1) is 0 Å². The van der Waals surface area contributed by atoms with E-state index >= 15 is 0 Å². The van der Waals surface area contributed by atoms with E-state index in [1.807, 2.05) is 0 Å². The van der Waals surface area contributed by atoms with Crippen LogP contribution in [0.25, 0.3) is 0 Å². The first-order chi connectivity index (χ1) is 10.2. The highest BCUT2D eigenvalue weighted by atomic mass is 35.5. The van der Waals surface area contributed by atoms with Gasteiger partial charge in [0, 0.05) is 17.3 Å². The Balaban J connectivity index is 2.46. The summed E-state index contributed by atoms with van der Waals surface area (Å²) in [6.45, 7) is 5.46. The first-order valence-corrected chi connectivity index (χ1v) is 7.27. The van der Waals surface area contributed by atoms with Crippen molar-refractivity contribution in [3.8, 4) is 0 Å². The van der Waals surface area contributed by atoms with E-state index in [1.54, 1.807) is 45.0 Å². The topological polar surface area (TPSA) is 87.7 Å². The Morgan fingerprint density at radius 2 is 1.86 bits per heavy atom. The number of hydrogen-bond donors (Lipinski definition) is 3. The van der Waals surface area contributed by atoms with Crippen LogP contribution < -0.4 is 10.6 Å².